The third-order valence-corrected chi connectivity index (χ3v) is 21.9. The molecule has 7 rings (SSSR count). The summed E-state index contributed by atoms with van der Waals surface area (Å²) in [7, 11) is -5.85. The number of Topliss-reactive ketones (excluding diaryl/α,β-unsaturated/α-hetero) is 1. The van der Waals surface area contributed by atoms with Crippen molar-refractivity contribution in [2.24, 2.45) is 0 Å². The summed E-state index contributed by atoms with van der Waals surface area (Å²) in [6.45, 7) is 41.4. The summed E-state index contributed by atoms with van der Waals surface area (Å²) in [5.74, 6) is 0.109. The van der Waals surface area contributed by atoms with Crippen molar-refractivity contribution in [3.63, 3.8) is 0 Å². The molecular formula is C80H118Br2FKO6P2Si2. The zero-order valence-electron chi connectivity index (χ0n) is 60.9. The number of alkyl halides is 2. The van der Waals surface area contributed by atoms with Crippen LogP contribution in [0.2, 0.25) is 39.3 Å². The van der Waals surface area contributed by atoms with Crippen LogP contribution in [0.4, 0.5) is 4.39 Å². The van der Waals surface area contributed by atoms with E-state index in [-0.39, 0.29) is 87.4 Å². The second-order valence-corrected chi connectivity index (χ2v) is 40.0. The van der Waals surface area contributed by atoms with Crippen LogP contribution in [0, 0.1) is 0 Å². The van der Waals surface area contributed by atoms with Gasteiger partial charge in [0.2, 0.25) is 0 Å². The number of rotatable bonds is 26. The summed E-state index contributed by atoms with van der Waals surface area (Å²) in [6.07, 6.45) is 24.5. The van der Waals surface area contributed by atoms with Crippen molar-refractivity contribution < 1.29 is 103 Å². The van der Waals surface area contributed by atoms with E-state index in [0.29, 0.717) is 0 Å². The smallest absolute Gasteiger partial charge is 1.00 e. The fourth-order valence-corrected chi connectivity index (χ4v) is 16.2. The molecule has 0 atom stereocenters. The Morgan fingerprint density at radius 3 is 1.13 bits per heavy atom. The Balaban J connectivity index is -0.000000525. The third-order valence-electron chi connectivity index (χ3n) is 12.3. The summed E-state index contributed by atoms with van der Waals surface area (Å²) in [6, 6.07) is 65.5. The molecule has 514 valence electrons. The number of hydrogen-bond acceptors (Lipinski definition) is 6. The number of aliphatic hydroxyl groups is 1. The van der Waals surface area contributed by atoms with E-state index in [2.05, 4.69) is 277 Å². The molecule has 0 saturated carbocycles. The number of ketones is 1. The monoisotopic (exact) mass is 1510 g/mol. The van der Waals surface area contributed by atoms with Crippen molar-refractivity contribution in [3.8, 4) is 0 Å². The summed E-state index contributed by atoms with van der Waals surface area (Å²) in [5.41, 5.74) is 1.63. The molecule has 6 aromatic carbocycles. The normalized spacial score (nSPS) is 11.6. The fraction of sp³-hybridized carbons (Fsp3) is 0.388. The molecule has 0 bridgehead atoms. The minimum absolute atomic E-state index is 0. The van der Waals surface area contributed by atoms with E-state index in [1.807, 2.05) is 37.3 Å². The Kier molecular flexibility index (Phi) is 63.1. The maximum atomic E-state index is 10.4. The molecule has 6 nitrogen and oxygen atoms in total. The van der Waals surface area contributed by atoms with Crippen molar-refractivity contribution in [2.45, 2.75) is 151 Å². The van der Waals surface area contributed by atoms with Gasteiger partial charge in [0.15, 0.2) is 22.4 Å². The van der Waals surface area contributed by atoms with Gasteiger partial charge in [-0.25, -0.2) is 0 Å². The topological polar surface area (TPSA) is 88.0 Å². The standard InChI is InChI=1S/C23H24P.C18H15P.C11H22OSi.C8H14O.C6H14O2Si.C5H9Br.C4H8O.C4H9O.CH3F.BrH.K/c1-2-3-13-20-24(21-14-7-4-8-15-21,22-16-9-5-10-17-22)23-18-11-6-12-19-23;1-4-10-16(11-5-1)19(17-12-6-2-7-13-17)18-14-8-3-9-15-18;1-6-7-8-9-11(2)10-12-13(3,4)5;1-3-4-5-6-8(2)7-9;1-6(7)5-8-9(2,3)4;1-2-3-4-5-6;1-2-4-5-3-1;1-4(2,3)5;1-2;;/h2,4-12,14-19H,1,3,13,20H2;1-15H;6,9H,1,7-8,10H2,2-5H3;3,6,9H,1,4-5,7H2,2H3;5H2,1-4H3;2H,1,3-5H2;1-4H2;1-3H3;1H3;1H;/q+1;;;;;;;-1;;;+1/p-1/i;;;;;;;;1D;;. The Labute approximate surface area is 639 Å². The van der Waals surface area contributed by atoms with Crippen LogP contribution in [0.1, 0.15) is 107 Å². The van der Waals surface area contributed by atoms with Crippen molar-refractivity contribution in [3.05, 3.63) is 256 Å². The average Bonchev–Trinajstić information content (AvgIpc) is 0.963. The second kappa shape index (κ2) is 62.3. The van der Waals surface area contributed by atoms with E-state index < -0.39 is 44.6 Å². The average molecular weight is 1510 g/mol. The molecule has 0 aromatic heterocycles. The first kappa shape index (κ1) is 95.2. The summed E-state index contributed by atoms with van der Waals surface area (Å²) >= 11 is 3.30. The van der Waals surface area contributed by atoms with Gasteiger partial charge in [-0.15, -0.1) is 31.9 Å². The van der Waals surface area contributed by atoms with Crippen LogP contribution in [-0.2, 0) is 18.4 Å². The SMILES string of the molecule is C1CCOC1.C=CCCC=C(C)CO.C=CCCC=C(C)CO[Si](C)(C)C.C=CCCCBr.C=CCCC[P+](c1ccccc1)(c1ccccc1)c1ccccc1.CC(=O)CO[Si](C)(C)C.CC(C)(C)[O-].[2H]CF.[Br-].[K+].c1ccc(P(c2ccccc2)c2ccccc2)cc1. The number of unbranched alkanes of at least 4 members (excludes halogenated alkanes) is 4. The number of benzene rings is 6. The van der Waals surface area contributed by atoms with E-state index in [1.54, 1.807) is 27.7 Å². The molecule has 1 heterocycles. The van der Waals surface area contributed by atoms with Gasteiger partial charge in [0.05, 0.1) is 34.5 Å². The molecule has 0 radical (unpaired) electrons. The number of halogens is 3. The Morgan fingerprint density at radius 2 is 0.883 bits per heavy atom. The fourth-order valence-electron chi connectivity index (χ4n) is 7.93. The largest absolute Gasteiger partial charge is 1.00 e. The van der Waals surface area contributed by atoms with Crippen LogP contribution in [0.3, 0.4) is 0 Å². The second-order valence-electron chi connectivity index (χ2n) is 24.4. The maximum absolute atomic E-state index is 10.4. The van der Waals surface area contributed by atoms with Gasteiger partial charge in [0, 0.05) is 18.5 Å². The Bertz CT molecular complexity index is 2620. The zero-order chi connectivity index (χ0) is 70.1. The van der Waals surface area contributed by atoms with Crippen molar-refractivity contribution >= 4 is 85.4 Å². The van der Waals surface area contributed by atoms with Gasteiger partial charge in [0.25, 0.3) is 0 Å². The van der Waals surface area contributed by atoms with Crippen LogP contribution in [0.5, 0.6) is 0 Å². The number of allylic oxidation sites excluding steroid dienone is 6. The quantitative estimate of drug-likeness (QED) is 0.0191. The van der Waals surface area contributed by atoms with Gasteiger partial charge >= 0.3 is 51.4 Å². The molecule has 1 N–H and O–H groups in total. The number of aliphatic hydroxyl groups excluding tert-OH is 1. The number of carbonyl (C=O) groups excluding carboxylic acids is 1. The predicted octanol–water partition coefficient (Wildman–Crippen LogP) is 13.3. The molecular weight excluding hydrogens is 1390 g/mol. The van der Waals surface area contributed by atoms with Crippen LogP contribution >= 0.6 is 31.1 Å². The molecule has 0 aliphatic carbocycles. The summed E-state index contributed by atoms with van der Waals surface area (Å²) < 4.78 is 31.5. The first-order chi connectivity index (χ1) is 44.3. The molecule has 1 aliphatic heterocycles. The zero-order valence-corrected chi connectivity index (χ0v) is 69.9. The molecule has 6 aromatic rings. The molecule has 94 heavy (non-hydrogen) atoms. The van der Waals surface area contributed by atoms with E-state index in [4.69, 9.17) is 20.1 Å². The molecule has 0 spiro atoms. The van der Waals surface area contributed by atoms with E-state index >= 15 is 0 Å². The van der Waals surface area contributed by atoms with Crippen molar-refractivity contribution in [2.75, 3.05) is 51.7 Å². The first-order valence-electron chi connectivity index (χ1n) is 32.9. The van der Waals surface area contributed by atoms with Gasteiger partial charge in [0.1, 0.15) is 23.2 Å². The van der Waals surface area contributed by atoms with Crippen LogP contribution < -0.4 is 105 Å². The van der Waals surface area contributed by atoms with Crippen LogP contribution in [0.15, 0.2) is 256 Å². The number of hydrogen-bond donors (Lipinski definition) is 1. The van der Waals surface area contributed by atoms with Gasteiger partial charge < -0.3 is 40.8 Å². The molecule has 1 fully saturated rings. The van der Waals surface area contributed by atoms with E-state index in [1.165, 1.54) is 62.8 Å². The van der Waals surface area contributed by atoms with Crippen LogP contribution in [-0.4, -0.2) is 84.8 Å². The Morgan fingerprint density at radius 1 is 0.585 bits per heavy atom. The minimum Gasteiger partial charge on any atom is -1.00 e. The molecule has 1 saturated heterocycles. The minimum atomic E-state index is -1.63. The van der Waals surface area contributed by atoms with Gasteiger partial charge in [-0.3, -0.25) is 9.18 Å². The summed E-state index contributed by atoms with van der Waals surface area (Å²) in [5, 5.41) is 28.3. The molecule has 0 amide bonds. The molecule has 0 unspecified atom stereocenters. The Hall–Kier alpha value is -2.95. The van der Waals surface area contributed by atoms with E-state index in [9.17, 15) is 14.3 Å². The third kappa shape index (κ3) is 54.0. The maximum Gasteiger partial charge on any atom is 1.00 e. The first-order valence-corrected chi connectivity index (χ1v) is 43.4. The number of ether oxygens (including phenoxy) is 1. The number of carbonyl (C=O) groups is 1. The van der Waals surface area contributed by atoms with Crippen molar-refractivity contribution in [1.82, 2.24) is 0 Å². The van der Waals surface area contributed by atoms with Crippen molar-refractivity contribution in [1.29, 1.82) is 0 Å². The van der Waals surface area contributed by atoms with E-state index in [0.717, 1.165) is 75.7 Å². The predicted molar refractivity (Wildman–Crippen MR) is 417 cm³/mol. The van der Waals surface area contributed by atoms with Gasteiger partial charge in [-0.2, -0.15) is 0 Å². The summed E-state index contributed by atoms with van der Waals surface area (Å²) in [4.78, 5) is 10.4. The van der Waals surface area contributed by atoms with Gasteiger partial charge in [-0.05, 0) is 184 Å². The van der Waals surface area contributed by atoms with Gasteiger partial charge in [-0.1, -0.05) is 230 Å². The molecule has 1 aliphatic rings. The molecule has 14 heteroatoms. The van der Waals surface area contributed by atoms with Crippen LogP contribution in [0.25, 0.3) is 0 Å².